The lowest BCUT2D eigenvalue weighted by Gasteiger charge is -2.12. The van der Waals surface area contributed by atoms with Crippen LogP contribution in [0.25, 0.3) is 11.3 Å². The molecule has 0 saturated carbocycles. The van der Waals surface area contributed by atoms with Crippen LogP contribution in [0.5, 0.6) is 11.5 Å². The van der Waals surface area contributed by atoms with Gasteiger partial charge < -0.3 is 10.1 Å². The van der Waals surface area contributed by atoms with Gasteiger partial charge in [-0.15, -0.1) is 11.3 Å². The number of amides is 1. The number of benzene rings is 3. The minimum absolute atomic E-state index is 0.190. The first-order valence-corrected chi connectivity index (χ1v) is 9.73. The van der Waals surface area contributed by atoms with Crippen molar-refractivity contribution in [1.29, 1.82) is 0 Å². The summed E-state index contributed by atoms with van der Waals surface area (Å²) in [7, 11) is 0. The summed E-state index contributed by atoms with van der Waals surface area (Å²) in [5.74, 6) is 1.12. The number of para-hydroxylation sites is 3. The molecule has 4 aromatic rings. The Hall–Kier alpha value is -3.44. The average Bonchev–Trinajstić information content (AvgIpc) is 3.17. The Balaban J connectivity index is 1.51. The van der Waals surface area contributed by atoms with E-state index in [9.17, 15) is 4.79 Å². The minimum Gasteiger partial charge on any atom is -0.455 e. The molecule has 1 aromatic heterocycles. The highest BCUT2D eigenvalue weighted by molar-refractivity contribution is 7.09. The van der Waals surface area contributed by atoms with Gasteiger partial charge in [-0.2, -0.15) is 0 Å². The molecule has 28 heavy (non-hydrogen) atoms. The van der Waals surface area contributed by atoms with Crippen molar-refractivity contribution in [3.63, 3.8) is 0 Å². The van der Waals surface area contributed by atoms with Crippen LogP contribution in [-0.2, 0) is 0 Å². The summed E-state index contributed by atoms with van der Waals surface area (Å²) >= 11 is 1.61. The van der Waals surface area contributed by atoms with E-state index >= 15 is 0 Å². The zero-order valence-electron chi connectivity index (χ0n) is 15.3. The fourth-order valence-corrected chi connectivity index (χ4v) is 3.38. The van der Waals surface area contributed by atoms with Crippen molar-refractivity contribution in [1.82, 2.24) is 4.98 Å². The van der Waals surface area contributed by atoms with Crippen molar-refractivity contribution in [2.75, 3.05) is 5.32 Å². The molecule has 5 heteroatoms. The normalized spacial score (nSPS) is 10.5. The Morgan fingerprint density at radius 1 is 0.929 bits per heavy atom. The van der Waals surface area contributed by atoms with Gasteiger partial charge in [0.15, 0.2) is 5.75 Å². The molecule has 1 amide bonds. The van der Waals surface area contributed by atoms with Crippen LogP contribution in [0.1, 0.15) is 15.4 Å². The van der Waals surface area contributed by atoms with Crippen molar-refractivity contribution in [2.45, 2.75) is 6.92 Å². The van der Waals surface area contributed by atoms with Crippen molar-refractivity contribution in [3.8, 4) is 22.8 Å². The van der Waals surface area contributed by atoms with Crippen molar-refractivity contribution in [2.24, 2.45) is 0 Å². The van der Waals surface area contributed by atoms with Gasteiger partial charge in [0.1, 0.15) is 5.75 Å². The fourth-order valence-electron chi connectivity index (χ4n) is 2.76. The predicted octanol–water partition coefficient (Wildman–Crippen LogP) is 6.16. The zero-order valence-corrected chi connectivity index (χ0v) is 16.1. The zero-order chi connectivity index (χ0) is 19.3. The van der Waals surface area contributed by atoms with Gasteiger partial charge in [-0.25, -0.2) is 4.98 Å². The lowest BCUT2D eigenvalue weighted by molar-refractivity contribution is 0.102. The van der Waals surface area contributed by atoms with Crippen molar-refractivity contribution >= 4 is 22.9 Å². The van der Waals surface area contributed by atoms with Crippen LogP contribution >= 0.6 is 11.3 Å². The molecule has 0 unspecified atom stereocenters. The van der Waals surface area contributed by atoms with E-state index in [2.05, 4.69) is 10.3 Å². The Bertz CT molecular complexity index is 1090. The van der Waals surface area contributed by atoms with E-state index in [1.807, 2.05) is 79.0 Å². The first-order valence-electron chi connectivity index (χ1n) is 8.85. The lowest BCUT2D eigenvalue weighted by atomic mass is 10.1. The maximum atomic E-state index is 12.7. The molecule has 4 nitrogen and oxygen atoms in total. The number of carbonyl (C=O) groups is 1. The molecule has 138 valence electrons. The standard InChI is InChI=1S/C23H18N2O2S/c1-16-24-21(15-28-16)17-11-13-18(14-12-17)23(26)25-20-9-5-6-10-22(20)27-19-7-3-2-4-8-19/h2-15H,1H3,(H,25,26). The summed E-state index contributed by atoms with van der Waals surface area (Å²) < 4.78 is 5.90. The molecule has 0 saturated heterocycles. The Labute approximate surface area is 167 Å². The number of ether oxygens (including phenoxy) is 1. The average molecular weight is 386 g/mol. The number of anilines is 1. The predicted molar refractivity (Wildman–Crippen MR) is 113 cm³/mol. The highest BCUT2D eigenvalue weighted by Crippen LogP contribution is 2.29. The molecule has 0 spiro atoms. The van der Waals surface area contributed by atoms with E-state index < -0.39 is 0 Å². The van der Waals surface area contributed by atoms with Crippen LogP contribution in [0, 0.1) is 6.92 Å². The van der Waals surface area contributed by atoms with E-state index in [1.165, 1.54) is 0 Å². The molecule has 0 aliphatic carbocycles. The molecule has 1 heterocycles. The quantitative estimate of drug-likeness (QED) is 0.447. The molecule has 0 aliphatic rings. The van der Waals surface area contributed by atoms with Crippen LogP contribution in [0.4, 0.5) is 5.69 Å². The van der Waals surface area contributed by atoms with Gasteiger partial charge in [0.25, 0.3) is 5.91 Å². The summed E-state index contributed by atoms with van der Waals surface area (Å²) in [4.78, 5) is 17.2. The third-order valence-corrected chi connectivity index (χ3v) is 4.94. The Morgan fingerprint density at radius 3 is 2.36 bits per heavy atom. The third-order valence-electron chi connectivity index (χ3n) is 4.17. The second kappa shape index (κ2) is 8.06. The molecular formula is C23H18N2O2S. The second-order valence-corrected chi connectivity index (χ2v) is 7.26. The van der Waals surface area contributed by atoms with Crippen molar-refractivity contribution < 1.29 is 9.53 Å². The summed E-state index contributed by atoms with van der Waals surface area (Å²) in [5.41, 5.74) is 3.12. The van der Waals surface area contributed by atoms with E-state index in [1.54, 1.807) is 23.5 Å². The van der Waals surface area contributed by atoms with E-state index in [0.717, 1.165) is 16.3 Å². The van der Waals surface area contributed by atoms with E-state index in [0.29, 0.717) is 22.7 Å². The molecule has 0 fully saturated rings. The van der Waals surface area contributed by atoms with Crippen molar-refractivity contribution in [3.05, 3.63) is 94.8 Å². The highest BCUT2D eigenvalue weighted by atomic mass is 32.1. The highest BCUT2D eigenvalue weighted by Gasteiger charge is 2.11. The fraction of sp³-hybridized carbons (Fsp3) is 0.0435. The van der Waals surface area contributed by atoms with E-state index in [-0.39, 0.29) is 5.91 Å². The molecule has 0 atom stereocenters. The number of thiazole rings is 1. The molecule has 0 radical (unpaired) electrons. The van der Waals surface area contributed by atoms with Crippen LogP contribution < -0.4 is 10.1 Å². The number of nitrogens with zero attached hydrogens (tertiary/aromatic N) is 1. The van der Waals surface area contributed by atoms with Crippen LogP contribution in [0.3, 0.4) is 0 Å². The van der Waals surface area contributed by atoms with Crippen LogP contribution in [0.2, 0.25) is 0 Å². The monoisotopic (exact) mass is 386 g/mol. The first-order chi connectivity index (χ1) is 13.7. The van der Waals surface area contributed by atoms with Gasteiger partial charge in [-0.3, -0.25) is 4.79 Å². The largest absolute Gasteiger partial charge is 0.455 e. The topological polar surface area (TPSA) is 51.2 Å². The number of hydrogen-bond donors (Lipinski definition) is 1. The summed E-state index contributed by atoms with van der Waals surface area (Å²) in [6.07, 6.45) is 0. The van der Waals surface area contributed by atoms with Gasteiger partial charge in [0, 0.05) is 16.5 Å². The SMILES string of the molecule is Cc1nc(-c2ccc(C(=O)Nc3ccccc3Oc3ccccc3)cc2)cs1. The maximum absolute atomic E-state index is 12.7. The summed E-state index contributed by atoms with van der Waals surface area (Å²) in [6.45, 7) is 1.98. The third kappa shape index (κ3) is 4.10. The number of aromatic nitrogens is 1. The van der Waals surface area contributed by atoms with Gasteiger partial charge in [0.05, 0.1) is 16.4 Å². The first kappa shape index (κ1) is 17.9. The number of hydrogen-bond acceptors (Lipinski definition) is 4. The van der Waals surface area contributed by atoms with Crippen LogP contribution in [0.15, 0.2) is 84.2 Å². The smallest absolute Gasteiger partial charge is 0.255 e. The lowest BCUT2D eigenvalue weighted by Crippen LogP contribution is -2.12. The molecular weight excluding hydrogens is 368 g/mol. The number of aryl methyl sites for hydroxylation is 1. The molecule has 4 rings (SSSR count). The number of rotatable bonds is 5. The summed E-state index contributed by atoms with van der Waals surface area (Å²) in [5, 5.41) is 5.97. The van der Waals surface area contributed by atoms with Gasteiger partial charge in [-0.05, 0) is 43.3 Å². The number of carbonyl (C=O) groups excluding carboxylic acids is 1. The van der Waals surface area contributed by atoms with Crippen LogP contribution in [-0.4, -0.2) is 10.9 Å². The Morgan fingerprint density at radius 2 is 1.64 bits per heavy atom. The molecule has 3 aromatic carbocycles. The minimum atomic E-state index is -0.190. The summed E-state index contributed by atoms with van der Waals surface area (Å²) in [6, 6.07) is 24.3. The number of nitrogens with one attached hydrogen (secondary N) is 1. The van der Waals surface area contributed by atoms with Gasteiger partial charge in [0.2, 0.25) is 0 Å². The molecule has 0 bridgehead atoms. The molecule has 0 aliphatic heterocycles. The van der Waals surface area contributed by atoms with Gasteiger partial charge in [-0.1, -0.05) is 42.5 Å². The molecule has 1 N–H and O–H groups in total. The maximum Gasteiger partial charge on any atom is 0.255 e. The van der Waals surface area contributed by atoms with E-state index in [4.69, 9.17) is 4.74 Å². The second-order valence-electron chi connectivity index (χ2n) is 6.19. The van der Waals surface area contributed by atoms with Gasteiger partial charge >= 0.3 is 0 Å². The Kier molecular flexibility index (Phi) is 5.17.